The fraction of sp³-hybridized carbons (Fsp3) is 0.267. The Kier molecular flexibility index (Phi) is 5.26. The van der Waals surface area contributed by atoms with Crippen molar-refractivity contribution in [3.05, 3.63) is 47.1 Å². The molecular formula is C15H16FNO2S. The van der Waals surface area contributed by atoms with Crippen LogP contribution in [-0.4, -0.2) is 19.6 Å². The number of hydrogen-bond donors (Lipinski definition) is 1. The van der Waals surface area contributed by atoms with Gasteiger partial charge in [0.05, 0.1) is 13.5 Å². The van der Waals surface area contributed by atoms with E-state index in [1.807, 2.05) is 23.6 Å². The van der Waals surface area contributed by atoms with Gasteiger partial charge in [0.15, 0.2) is 0 Å². The normalized spacial score (nSPS) is 10.5. The Labute approximate surface area is 121 Å². The van der Waals surface area contributed by atoms with Gasteiger partial charge in [0, 0.05) is 23.5 Å². The first-order valence-corrected chi connectivity index (χ1v) is 7.18. The zero-order chi connectivity index (χ0) is 14.4. The molecule has 0 aliphatic heterocycles. The number of carbonyl (C=O) groups is 1. The molecule has 2 aromatic rings. The lowest BCUT2D eigenvalue weighted by Gasteiger charge is -2.07. The maximum Gasteiger partial charge on any atom is 0.306 e. The molecule has 1 aromatic heterocycles. The summed E-state index contributed by atoms with van der Waals surface area (Å²) in [5, 5.41) is 5.07. The molecule has 0 saturated carbocycles. The van der Waals surface area contributed by atoms with Crippen molar-refractivity contribution in [2.75, 3.05) is 13.7 Å². The summed E-state index contributed by atoms with van der Waals surface area (Å²) in [6.07, 6.45) is 0.329. The molecule has 0 amide bonds. The van der Waals surface area contributed by atoms with Gasteiger partial charge in [0.2, 0.25) is 0 Å². The molecule has 1 N–H and O–H groups in total. The number of hydrogen-bond acceptors (Lipinski definition) is 4. The van der Waals surface area contributed by atoms with Gasteiger partial charge in [-0.25, -0.2) is 4.39 Å². The second kappa shape index (κ2) is 7.17. The first-order chi connectivity index (χ1) is 9.70. The first kappa shape index (κ1) is 14.7. The number of carbonyl (C=O) groups excluding carboxylic acids is 1. The van der Waals surface area contributed by atoms with Crippen molar-refractivity contribution in [3.63, 3.8) is 0 Å². The van der Waals surface area contributed by atoms with Crippen LogP contribution in [0.4, 0.5) is 4.39 Å². The highest BCUT2D eigenvalue weighted by Crippen LogP contribution is 2.28. The maximum atomic E-state index is 13.8. The molecule has 0 unspecified atom stereocenters. The molecule has 20 heavy (non-hydrogen) atoms. The third-order valence-electron chi connectivity index (χ3n) is 2.88. The fourth-order valence-electron chi connectivity index (χ4n) is 1.83. The van der Waals surface area contributed by atoms with E-state index in [0.717, 1.165) is 10.4 Å². The van der Waals surface area contributed by atoms with Crippen LogP contribution in [0.25, 0.3) is 10.4 Å². The van der Waals surface area contributed by atoms with E-state index in [1.54, 1.807) is 6.07 Å². The van der Waals surface area contributed by atoms with Crippen molar-refractivity contribution in [1.82, 2.24) is 5.32 Å². The van der Waals surface area contributed by atoms with E-state index in [1.165, 1.54) is 24.5 Å². The minimum Gasteiger partial charge on any atom is -0.469 e. The molecule has 2 rings (SSSR count). The Balaban J connectivity index is 1.96. The molecule has 0 aliphatic rings. The molecule has 0 bridgehead atoms. The molecule has 0 fully saturated rings. The van der Waals surface area contributed by atoms with E-state index in [2.05, 4.69) is 10.1 Å². The Bertz CT molecular complexity index is 569. The van der Waals surface area contributed by atoms with Crippen LogP contribution in [-0.2, 0) is 16.1 Å². The van der Waals surface area contributed by atoms with E-state index in [0.29, 0.717) is 25.1 Å². The Morgan fingerprint density at radius 3 is 2.95 bits per heavy atom. The maximum absolute atomic E-state index is 13.8. The number of ether oxygens (including phenoxy) is 1. The highest BCUT2D eigenvalue weighted by molar-refractivity contribution is 7.13. The summed E-state index contributed by atoms with van der Waals surface area (Å²) in [6.45, 7) is 1.13. The molecule has 1 heterocycles. The quantitative estimate of drug-likeness (QED) is 0.656. The third-order valence-corrected chi connectivity index (χ3v) is 3.78. The SMILES string of the molecule is COC(=O)CCNCc1ccc(F)c(-c2cccs2)c1. The van der Waals surface area contributed by atoms with Crippen molar-refractivity contribution in [2.45, 2.75) is 13.0 Å². The highest BCUT2D eigenvalue weighted by atomic mass is 32.1. The Morgan fingerprint density at radius 2 is 2.25 bits per heavy atom. The monoisotopic (exact) mass is 293 g/mol. The number of rotatable bonds is 6. The summed E-state index contributed by atoms with van der Waals surface area (Å²) in [5.74, 6) is -0.457. The molecule has 3 nitrogen and oxygen atoms in total. The van der Waals surface area contributed by atoms with Crippen LogP contribution >= 0.6 is 11.3 Å². The molecule has 1 aromatic carbocycles. The second-order valence-corrected chi connectivity index (χ2v) is 5.24. The van der Waals surface area contributed by atoms with Gasteiger partial charge in [-0.1, -0.05) is 12.1 Å². The largest absolute Gasteiger partial charge is 0.469 e. The van der Waals surface area contributed by atoms with E-state index in [-0.39, 0.29) is 11.8 Å². The van der Waals surface area contributed by atoms with Gasteiger partial charge >= 0.3 is 5.97 Å². The summed E-state index contributed by atoms with van der Waals surface area (Å²) < 4.78 is 18.4. The first-order valence-electron chi connectivity index (χ1n) is 6.30. The van der Waals surface area contributed by atoms with Crippen molar-refractivity contribution in [2.24, 2.45) is 0 Å². The lowest BCUT2D eigenvalue weighted by Crippen LogP contribution is -2.18. The number of esters is 1. The van der Waals surface area contributed by atoms with E-state index < -0.39 is 0 Å². The molecular weight excluding hydrogens is 277 g/mol. The molecule has 0 spiro atoms. The van der Waals surface area contributed by atoms with E-state index in [9.17, 15) is 9.18 Å². The molecule has 0 radical (unpaired) electrons. The zero-order valence-corrected chi connectivity index (χ0v) is 12.0. The topological polar surface area (TPSA) is 38.3 Å². The van der Waals surface area contributed by atoms with Crippen molar-refractivity contribution < 1.29 is 13.9 Å². The minimum absolute atomic E-state index is 0.217. The second-order valence-electron chi connectivity index (χ2n) is 4.29. The highest BCUT2D eigenvalue weighted by Gasteiger charge is 2.07. The van der Waals surface area contributed by atoms with Gasteiger partial charge in [0.1, 0.15) is 5.82 Å². The summed E-state index contributed by atoms with van der Waals surface area (Å²) in [7, 11) is 1.37. The molecule has 0 saturated heterocycles. The third kappa shape index (κ3) is 3.88. The van der Waals surface area contributed by atoms with Crippen LogP contribution in [0.3, 0.4) is 0 Å². The molecule has 0 atom stereocenters. The van der Waals surface area contributed by atoms with Crippen LogP contribution in [0.5, 0.6) is 0 Å². The molecule has 0 aliphatic carbocycles. The zero-order valence-electron chi connectivity index (χ0n) is 11.2. The Morgan fingerprint density at radius 1 is 1.40 bits per heavy atom. The number of halogens is 1. The summed E-state index contributed by atoms with van der Waals surface area (Å²) in [5.41, 5.74) is 1.60. The lowest BCUT2D eigenvalue weighted by molar-refractivity contribution is -0.140. The predicted molar refractivity (Wildman–Crippen MR) is 78.1 cm³/mol. The van der Waals surface area contributed by atoms with Gasteiger partial charge < -0.3 is 10.1 Å². The fourth-order valence-corrected chi connectivity index (χ4v) is 2.57. The van der Waals surface area contributed by atoms with E-state index >= 15 is 0 Å². The smallest absolute Gasteiger partial charge is 0.306 e. The molecule has 106 valence electrons. The van der Waals surface area contributed by atoms with Crippen LogP contribution in [0, 0.1) is 5.82 Å². The Hall–Kier alpha value is -1.72. The van der Waals surface area contributed by atoms with Crippen LogP contribution in [0.15, 0.2) is 35.7 Å². The van der Waals surface area contributed by atoms with Crippen molar-refractivity contribution in [3.8, 4) is 10.4 Å². The number of benzene rings is 1. The van der Waals surface area contributed by atoms with Crippen molar-refractivity contribution in [1.29, 1.82) is 0 Å². The average molecular weight is 293 g/mol. The van der Waals surface area contributed by atoms with Gasteiger partial charge in [-0.05, 0) is 29.1 Å². The van der Waals surface area contributed by atoms with Crippen LogP contribution in [0.2, 0.25) is 0 Å². The minimum atomic E-state index is -0.240. The predicted octanol–water partition coefficient (Wildman–Crippen LogP) is 3.21. The average Bonchev–Trinajstić information content (AvgIpc) is 2.98. The van der Waals surface area contributed by atoms with Gasteiger partial charge in [-0.15, -0.1) is 11.3 Å². The van der Waals surface area contributed by atoms with Gasteiger partial charge in [-0.3, -0.25) is 4.79 Å². The summed E-state index contributed by atoms with van der Waals surface area (Å²) in [4.78, 5) is 11.9. The van der Waals surface area contributed by atoms with Crippen LogP contribution in [0.1, 0.15) is 12.0 Å². The molecule has 5 heteroatoms. The number of methoxy groups -OCH3 is 1. The van der Waals surface area contributed by atoms with Gasteiger partial charge in [0.25, 0.3) is 0 Å². The standard InChI is InChI=1S/C15H16FNO2S/c1-19-15(18)6-7-17-10-11-4-5-13(16)12(9-11)14-3-2-8-20-14/h2-5,8-9,17H,6-7,10H2,1H3. The van der Waals surface area contributed by atoms with E-state index in [4.69, 9.17) is 0 Å². The van der Waals surface area contributed by atoms with Crippen molar-refractivity contribution >= 4 is 17.3 Å². The van der Waals surface area contributed by atoms with Gasteiger partial charge in [-0.2, -0.15) is 0 Å². The summed E-state index contributed by atoms with van der Waals surface area (Å²) >= 11 is 1.51. The number of nitrogens with one attached hydrogen (secondary N) is 1. The van der Waals surface area contributed by atoms with Crippen LogP contribution < -0.4 is 5.32 Å². The summed E-state index contributed by atoms with van der Waals surface area (Å²) in [6, 6.07) is 8.87. The number of thiophene rings is 1. The lowest BCUT2D eigenvalue weighted by atomic mass is 10.1.